The summed E-state index contributed by atoms with van der Waals surface area (Å²) in [6.07, 6.45) is 7.25. The molecule has 2 heteroatoms. The quantitative estimate of drug-likeness (QED) is 0.653. The van der Waals surface area contributed by atoms with Gasteiger partial charge < -0.3 is 0 Å². The Bertz CT molecular complexity index is 206. The number of hydrogen-bond acceptors (Lipinski definition) is 2. The normalized spacial score (nSPS) is 31.1. The fraction of sp³-hybridized carbons (Fsp3) is 0.923. The Morgan fingerprint density at radius 1 is 1.33 bits per heavy atom. The fourth-order valence-electron chi connectivity index (χ4n) is 2.47. The van der Waals surface area contributed by atoms with Crippen LogP contribution in [-0.4, -0.2) is 11.5 Å². The molecule has 15 heavy (non-hydrogen) atoms. The van der Waals surface area contributed by atoms with Crippen LogP contribution in [0.5, 0.6) is 0 Å². The zero-order chi connectivity index (χ0) is 11.1. The van der Waals surface area contributed by atoms with Gasteiger partial charge in [-0.3, -0.25) is 0 Å². The van der Waals surface area contributed by atoms with Crippen molar-refractivity contribution in [1.29, 1.82) is 5.26 Å². The summed E-state index contributed by atoms with van der Waals surface area (Å²) in [5, 5.41) is 9.34. The van der Waals surface area contributed by atoms with E-state index in [-0.39, 0.29) is 5.41 Å². The van der Waals surface area contributed by atoms with Gasteiger partial charge in [0.05, 0.1) is 11.5 Å². The molecular formula is C13H23NS. The van der Waals surface area contributed by atoms with Crippen molar-refractivity contribution in [2.45, 2.75) is 52.4 Å². The first-order valence-corrected chi connectivity index (χ1v) is 7.41. The van der Waals surface area contributed by atoms with E-state index in [1.165, 1.54) is 30.8 Å². The van der Waals surface area contributed by atoms with Crippen LogP contribution < -0.4 is 0 Å². The van der Waals surface area contributed by atoms with Crippen LogP contribution in [-0.2, 0) is 0 Å². The molecule has 0 radical (unpaired) electrons. The summed E-state index contributed by atoms with van der Waals surface area (Å²) < 4.78 is 0. The summed E-state index contributed by atoms with van der Waals surface area (Å²) in [6.45, 7) is 4.47. The maximum atomic E-state index is 9.34. The number of rotatable bonds is 5. The van der Waals surface area contributed by atoms with Crippen molar-refractivity contribution >= 4 is 11.8 Å². The Labute approximate surface area is 98.6 Å². The number of thioether (sulfide) groups is 1. The first-order chi connectivity index (χ1) is 7.26. The van der Waals surface area contributed by atoms with Crippen LogP contribution in [0.2, 0.25) is 0 Å². The Balaban J connectivity index is 2.39. The third kappa shape index (κ3) is 3.72. The lowest BCUT2D eigenvalue weighted by molar-refractivity contribution is 0.202. The Kier molecular flexibility index (Phi) is 5.53. The molecule has 0 unspecified atom stereocenters. The highest BCUT2D eigenvalue weighted by Crippen LogP contribution is 2.42. The molecule has 0 spiro atoms. The van der Waals surface area contributed by atoms with E-state index in [1.54, 1.807) is 0 Å². The van der Waals surface area contributed by atoms with Gasteiger partial charge in [-0.25, -0.2) is 0 Å². The largest absolute Gasteiger partial charge is 0.198 e. The van der Waals surface area contributed by atoms with Crippen molar-refractivity contribution in [2.24, 2.45) is 11.3 Å². The lowest BCUT2D eigenvalue weighted by Gasteiger charge is -2.34. The molecule has 86 valence electrons. The molecule has 1 fully saturated rings. The first kappa shape index (κ1) is 12.9. The third-order valence-corrected chi connectivity index (χ3v) is 4.71. The summed E-state index contributed by atoms with van der Waals surface area (Å²) >= 11 is 1.97. The smallest absolute Gasteiger partial charge is 0.0690 e. The minimum absolute atomic E-state index is 0.0356. The Morgan fingerprint density at radius 3 is 2.47 bits per heavy atom. The van der Waals surface area contributed by atoms with Crippen molar-refractivity contribution in [2.75, 3.05) is 11.5 Å². The molecule has 1 aliphatic rings. The lowest BCUT2D eigenvalue weighted by atomic mass is 9.69. The molecule has 0 aromatic carbocycles. The molecule has 0 aromatic rings. The molecule has 0 bridgehead atoms. The molecule has 0 aliphatic heterocycles. The minimum atomic E-state index is 0.0356. The van der Waals surface area contributed by atoms with Gasteiger partial charge in [-0.15, -0.1) is 0 Å². The molecule has 0 aromatic heterocycles. The van der Waals surface area contributed by atoms with Crippen molar-refractivity contribution in [1.82, 2.24) is 0 Å². The average molecular weight is 225 g/mol. The highest BCUT2D eigenvalue weighted by molar-refractivity contribution is 7.99. The molecule has 0 saturated heterocycles. The van der Waals surface area contributed by atoms with E-state index in [0.717, 1.165) is 25.2 Å². The summed E-state index contributed by atoms with van der Waals surface area (Å²) in [7, 11) is 0. The van der Waals surface area contributed by atoms with Crippen LogP contribution in [0.15, 0.2) is 0 Å². The summed E-state index contributed by atoms with van der Waals surface area (Å²) in [5.74, 6) is 3.24. The molecule has 0 amide bonds. The van der Waals surface area contributed by atoms with Crippen LogP contribution in [0.3, 0.4) is 0 Å². The Morgan fingerprint density at radius 2 is 2.00 bits per heavy atom. The van der Waals surface area contributed by atoms with Crippen molar-refractivity contribution in [3.8, 4) is 6.07 Å². The number of hydrogen-bond donors (Lipinski definition) is 0. The van der Waals surface area contributed by atoms with Crippen molar-refractivity contribution in [3.63, 3.8) is 0 Å². The molecule has 1 saturated carbocycles. The molecule has 0 N–H and O–H groups in total. The van der Waals surface area contributed by atoms with E-state index >= 15 is 0 Å². The maximum absolute atomic E-state index is 9.34. The second-order valence-electron chi connectivity index (χ2n) is 4.69. The predicted octanol–water partition coefficient (Wildman–Crippen LogP) is 4.24. The molecule has 1 nitrogen and oxygen atoms in total. The van der Waals surface area contributed by atoms with Gasteiger partial charge in [-0.1, -0.05) is 20.3 Å². The molecule has 1 aliphatic carbocycles. The van der Waals surface area contributed by atoms with E-state index in [2.05, 4.69) is 19.9 Å². The maximum Gasteiger partial charge on any atom is 0.0690 e. The van der Waals surface area contributed by atoms with Gasteiger partial charge in [-0.2, -0.15) is 17.0 Å². The van der Waals surface area contributed by atoms with Gasteiger partial charge in [0.25, 0.3) is 0 Å². The summed E-state index contributed by atoms with van der Waals surface area (Å²) in [4.78, 5) is 0. The van der Waals surface area contributed by atoms with Gasteiger partial charge in [0, 0.05) is 0 Å². The zero-order valence-corrected chi connectivity index (χ0v) is 10.9. The second-order valence-corrected chi connectivity index (χ2v) is 6.08. The third-order valence-electron chi connectivity index (χ3n) is 3.81. The van der Waals surface area contributed by atoms with Gasteiger partial charge in [0.15, 0.2) is 0 Å². The SMILES string of the molecule is CCSCCC1(C#N)CCC(CC)CC1. The lowest BCUT2D eigenvalue weighted by Crippen LogP contribution is -2.26. The van der Waals surface area contributed by atoms with Crippen molar-refractivity contribution in [3.05, 3.63) is 0 Å². The van der Waals surface area contributed by atoms with Gasteiger partial charge in [0.1, 0.15) is 0 Å². The van der Waals surface area contributed by atoms with E-state index < -0.39 is 0 Å². The molecule has 1 rings (SSSR count). The monoisotopic (exact) mass is 225 g/mol. The van der Waals surface area contributed by atoms with E-state index in [0.29, 0.717) is 0 Å². The second kappa shape index (κ2) is 6.43. The first-order valence-electron chi connectivity index (χ1n) is 6.25. The number of nitrogens with zero attached hydrogens (tertiary/aromatic N) is 1. The van der Waals surface area contributed by atoms with Crippen LogP contribution in [0.4, 0.5) is 0 Å². The van der Waals surface area contributed by atoms with Crippen LogP contribution in [0, 0.1) is 22.7 Å². The van der Waals surface area contributed by atoms with E-state index in [1.807, 2.05) is 11.8 Å². The molecule has 0 atom stereocenters. The van der Waals surface area contributed by atoms with E-state index in [9.17, 15) is 5.26 Å². The number of nitriles is 1. The molecule has 0 heterocycles. The predicted molar refractivity (Wildman–Crippen MR) is 67.9 cm³/mol. The van der Waals surface area contributed by atoms with Gasteiger partial charge in [0.2, 0.25) is 0 Å². The van der Waals surface area contributed by atoms with Crippen LogP contribution in [0.25, 0.3) is 0 Å². The highest BCUT2D eigenvalue weighted by atomic mass is 32.2. The standard InChI is InChI=1S/C13H23NS/c1-3-12-5-7-13(11-14,8-6-12)9-10-15-4-2/h12H,3-10H2,1-2H3. The Hall–Kier alpha value is -0.160. The summed E-state index contributed by atoms with van der Waals surface area (Å²) in [6, 6.07) is 2.61. The summed E-state index contributed by atoms with van der Waals surface area (Å²) in [5.41, 5.74) is 0.0356. The van der Waals surface area contributed by atoms with Gasteiger partial charge in [-0.05, 0) is 49.5 Å². The topological polar surface area (TPSA) is 23.8 Å². The highest BCUT2D eigenvalue weighted by Gasteiger charge is 2.34. The van der Waals surface area contributed by atoms with E-state index in [4.69, 9.17) is 0 Å². The zero-order valence-electron chi connectivity index (χ0n) is 10.1. The average Bonchev–Trinajstić information content (AvgIpc) is 2.30. The van der Waals surface area contributed by atoms with Crippen molar-refractivity contribution < 1.29 is 0 Å². The van der Waals surface area contributed by atoms with Crippen LogP contribution in [0.1, 0.15) is 52.4 Å². The van der Waals surface area contributed by atoms with Gasteiger partial charge >= 0.3 is 0 Å². The minimum Gasteiger partial charge on any atom is -0.198 e. The van der Waals surface area contributed by atoms with Crippen LogP contribution >= 0.6 is 11.8 Å². The molecular weight excluding hydrogens is 202 g/mol. The fourth-order valence-corrected chi connectivity index (χ4v) is 3.29.